The van der Waals surface area contributed by atoms with Gasteiger partial charge in [-0.2, -0.15) is 5.10 Å². The Labute approximate surface area is 159 Å². The fourth-order valence-corrected chi connectivity index (χ4v) is 3.53. The first kappa shape index (κ1) is 18.8. The topological polar surface area (TPSA) is 67.8 Å². The van der Waals surface area contributed by atoms with Crippen LogP contribution in [0.1, 0.15) is 57.8 Å². The fourth-order valence-electron chi connectivity index (χ4n) is 3.53. The molecule has 3 aromatic rings. The van der Waals surface area contributed by atoms with E-state index < -0.39 is 0 Å². The summed E-state index contributed by atoms with van der Waals surface area (Å²) in [5, 5.41) is 4.44. The van der Waals surface area contributed by atoms with Gasteiger partial charge in [0.25, 0.3) is 5.56 Å². The van der Waals surface area contributed by atoms with Crippen LogP contribution < -0.4 is 5.56 Å². The summed E-state index contributed by atoms with van der Waals surface area (Å²) in [4.78, 5) is 27.7. The SMILES string of the molecule is Cc1cc(C)c(CCC(=O)c2cnn(C(C)c3ccccc3)c2C)c(=O)[nH]1. The van der Waals surface area contributed by atoms with Crippen LogP contribution in [0.5, 0.6) is 0 Å². The van der Waals surface area contributed by atoms with E-state index in [1.807, 2.05) is 49.7 Å². The molecule has 3 rings (SSSR count). The molecule has 0 aliphatic heterocycles. The van der Waals surface area contributed by atoms with Crippen molar-refractivity contribution in [2.45, 2.75) is 46.6 Å². The number of carbonyl (C=O) groups is 1. The molecule has 1 unspecified atom stereocenters. The number of carbonyl (C=O) groups excluding carboxylic acids is 1. The van der Waals surface area contributed by atoms with Gasteiger partial charge >= 0.3 is 0 Å². The Hall–Kier alpha value is -2.95. The molecular formula is C22H25N3O2. The Morgan fingerprint density at radius 3 is 2.56 bits per heavy atom. The fraction of sp³-hybridized carbons (Fsp3) is 0.318. The van der Waals surface area contributed by atoms with Gasteiger partial charge in [0, 0.05) is 23.4 Å². The monoisotopic (exact) mass is 363 g/mol. The summed E-state index contributed by atoms with van der Waals surface area (Å²) >= 11 is 0. The van der Waals surface area contributed by atoms with Crippen molar-refractivity contribution < 1.29 is 4.79 Å². The van der Waals surface area contributed by atoms with E-state index in [2.05, 4.69) is 29.1 Å². The van der Waals surface area contributed by atoms with Crippen molar-refractivity contribution in [2.75, 3.05) is 0 Å². The highest BCUT2D eigenvalue weighted by molar-refractivity contribution is 5.97. The van der Waals surface area contributed by atoms with E-state index >= 15 is 0 Å². The van der Waals surface area contributed by atoms with Crippen LogP contribution >= 0.6 is 0 Å². The lowest BCUT2D eigenvalue weighted by Gasteiger charge is -2.15. The van der Waals surface area contributed by atoms with Crippen LogP contribution in [0.2, 0.25) is 0 Å². The quantitative estimate of drug-likeness (QED) is 0.675. The number of Topliss-reactive ketones (excluding diaryl/α,β-unsaturated/α-hetero) is 1. The van der Waals surface area contributed by atoms with Gasteiger partial charge in [-0.3, -0.25) is 14.3 Å². The molecule has 0 aliphatic rings. The molecule has 2 aromatic heterocycles. The second-order valence-corrected chi connectivity index (χ2v) is 7.04. The lowest BCUT2D eigenvalue weighted by Crippen LogP contribution is -2.17. The summed E-state index contributed by atoms with van der Waals surface area (Å²) in [5.74, 6) is 0.0124. The first-order valence-electron chi connectivity index (χ1n) is 9.20. The summed E-state index contributed by atoms with van der Waals surface area (Å²) in [7, 11) is 0. The largest absolute Gasteiger partial charge is 0.326 e. The van der Waals surface area contributed by atoms with Gasteiger partial charge in [-0.05, 0) is 51.3 Å². The highest BCUT2D eigenvalue weighted by Gasteiger charge is 2.19. The Bertz CT molecular complexity index is 1020. The molecular weight excluding hydrogens is 338 g/mol. The van der Waals surface area contributed by atoms with Gasteiger partial charge in [0.05, 0.1) is 17.8 Å². The summed E-state index contributed by atoms with van der Waals surface area (Å²) in [6.07, 6.45) is 2.36. The molecule has 0 aliphatic carbocycles. The van der Waals surface area contributed by atoms with Crippen molar-refractivity contribution >= 4 is 5.78 Å². The number of rotatable bonds is 6. The maximum Gasteiger partial charge on any atom is 0.251 e. The highest BCUT2D eigenvalue weighted by Crippen LogP contribution is 2.21. The van der Waals surface area contributed by atoms with Crippen LogP contribution in [0.3, 0.4) is 0 Å². The van der Waals surface area contributed by atoms with Crippen LogP contribution in [0.4, 0.5) is 0 Å². The molecule has 5 heteroatoms. The minimum atomic E-state index is -0.106. The van der Waals surface area contributed by atoms with E-state index in [-0.39, 0.29) is 17.4 Å². The molecule has 0 spiro atoms. The molecule has 1 atom stereocenters. The molecule has 0 saturated carbocycles. The van der Waals surface area contributed by atoms with Crippen molar-refractivity contribution in [3.8, 4) is 0 Å². The summed E-state index contributed by atoms with van der Waals surface area (Å²) in [6.45, 7) is 7.75. The minimum absolute atomic E-state index is 0.0124. The van der Waals surface area contributed by atoms with Crippen LogP contribution in [0.15, 0.2) is 47.4 Å². The molecule has 5 nitrogen and oxygen atoms in total. The number of hydrogen-bond acceptors (Lipinski definition) is 3. The van der Waals surface area contributed by atoms with E-state index in [0.29, 0.717) is 24.0 Å². The predicted molar refractivity (Wildman–Crippen MR) is 106 cm³/mol. The Morgan fingerprint density at radius 1 is 1.19 bits per heavy atom. The molecule has 1 aromatic carbocycles. The third kappa shape index (κ3) is 3.92. The minimum Gasteiger partial charge on any atom is -0.326 e. The van der Waals surface area contributed by atoms with Gasteiger partial charge in [0.1, 0.15) is 0 Å². The Balaban J connectivity index is 1.77. The standard InChI is InChI=1S/C22H25N3O2/c1-14-12-15(2)24-22(27)19(14)10-11-21(26)20-13-23-25(17(20)4)16(3)18-8-6-5-7-9-18/h5-9,12-13,16H,10-11H2,1-4H3,(H,24,27). The third-order valence-electron chi connectivity index (χ3n) is 5.09. The second kappa shape index (κ2) is 7.74. The number of benzene rings is 1. The number of pyridine rings is 1. The van der Waals surface area contributed by atoms with E-state index in [1.54, 1.807) is 6.20 Å². The number of hydrogen-bond donors (Lipinski definition) is 1. The maximum atomic E-state index is 12.7. The number of ketones is 1. The summed E-state index contributed by atoms with van der Waals surface area (Å²) in [5.41, 5.74) is 4.95. The van der Waals surface area contributed by atoms with Crippen molar-refractivity contribution in [2.24, 2.45) is 0 Å². The van der Waals surface area contributed by atoms with E-state index in [4.69, 9.17) is 0 Å². The highest BCUT2D eigenvalue weighted by atomic mass is 16.1. The normalized spacial score (nSPS) is 12.1. The van der Waals surface area contributed by atoms with E-state index in [1.165, 1.54) is 0 Å². The molecule has 0 radical (unpaired) electrons. The van der Waals surface area contributed by atoms with Gasteiger partial charge in [-0.25, -0.2) is 0 Å². The molecule has 0 amide bonds. The lowest BCUT2D eigenvalue weighted by atomic mass is 10.0. The number of nitrogens with one attached hydrogen (secondary N) is 1. The van der Waals surface area contributed by atoms with Crippen LogP contribution in [0.25, 0.3) is 0 Å². The van der Waals surface area contributed by atoms with Crippen LogP contribution in [0, 0.1) is 20.8 Å². The van der Waals surface area contributed by atoms with Crippen molar-refractivity contribution in [3.63, 3.8) is 0 Å². The average molecular weight is 363 g/mol. The van der Waals surface area contributed by atoms with Gasteiger partial charge < -0.3 is 4.98 Å². The van der Waals surface area contributed by atoms with E-state index in [0.717, 1.165) is 22.5 Å². The molecule has 1 N–H and O–H groups in total. The zero-order chi connectivity index (χ0) is 19.6. The number of aromatic amines is 1. The number of aryl methyl sites for hydroxylation is 2. The molecule has 0 saturated heterocycles. The third-order valence-corrected chi connectivity index (χ3v) is 5.09. The molecule has 27 heavy (non-hydrogen) atoms. The number of H-pyrrole nitrogens is 1. The van der Waals surface area contributed by atoms with Gasteiger partial charge in [-0.1, -0.05) is 30.3 Å². The first-order chi connectivity index (χ1) is 12.9. The first-order valence-corrected chi connectivity index (χ1v) is 9.20. The van der Waals surface area contributed by atoms with Gasteiger partial charge in [0.15, 0.2) is 5.78 Å². The van der Waals surface area contributed by atoms with Gasteiger partial charge in [-0.15, -0.1) is 0 Å². The molecule has 0 fully saturated rings. The second-order valence-electron chi connectivity index (χ2n) is 7.04. The summed E-state index contributed by atoms with van der Waals surface area (Å²) < 4.78 is 1.88. The molecule has 140 valence electrons. The van der Waals surface area contributed by atoms with Gasteiger partial charge in [0.2, 0.25) is 0 Å². The summed E-state index contributed by atoms with van der Waals surface area (Å²) in [6, 6.07) is 12.1. The smallest absolute Gasteiger partial charge is 0.251 e. The number of nitrogens with zero attached hydrogens (tertiary/aromatic N) is 2. The van der Waals surface area contributed by atoms with Crippen molar-refractivity contribution in [1.29, 1.82) is 0 Å². The maximum absolute atomic E-state index is 12.7. The zero-order valence-corrected chi connectivity index (χ0v) is 16.2. The lowest BCUT2D eigenvalue weighted by molar-refractivity contribution is 0.0982. The molecule has 2 heterocycles. The van der Waals surface area contributed by atoms with Crippen LogP contribution in [-0.2, 0) is 6.42 Å². The van der Waals surface area contributed by atoms with E-state index in [9.17, 15) is 9.59 Å². The Kier molecular flexibility index (Phi) is 5.40. The number of aromatic nitrogens is 3. The molecule has 0 bridgehead atoms. The van der Waals surface area contributed by atoms with Crippen molar-refractivity contribution in [3.05, 3.63) is 86.6 Å². The zero-order valence-electron chi connectivity index (χ0n) is 16.2. The van der Waals surface area contributed by atoms with Crippen LogP contribution in [-0.4, -0.2) is 20.5 Å². The Morgan fingerprint density at radius 2 is 1.89 bits per heavy atom. The predicted octanol–water partition coefficient (Wildman–Crippen LogP) is 3.92. The van der Waals surface area contributed by atoms with Crippen molar-refractivity contribution in [1.82, 2.24) is 14.8 Å². The average Bonchev–Trinajstić information content (AvgIpc) is 3.02.